The molecule has 242 valence electrons. The number of hydrogen-bond acceptors (Lipinski definition) is 9. The molecule has 0 radical (unpaired) electrons. The van der Waals surface area contributed by atoms with Crippen molar-refractivity contribution in [1.82, 2.24) is 19.9 Å². The van der Waals surface area contributed by atoms with Gasteiger partial charge in [0.25, 0.3) is 0 Å². The van der Waals surface area contributed by atoms with Gasteiger partial charge in [0.05, 0.1) is 17.1 Å². The van der Waals surface area contributed by atoms with E-state index in [2.05, 4.69) is 4.98 Å². The van der Waals surface area contributed by atoms with Gasteiger partial charge in [-0.1, -0.05) is 37.1 Å². The number of amides is 1. The van der Waals surface area contributed by atoms with E-state index in [0.29, 0.717) is 47.8 Å². The number of nitrogens with zero attached hydrogens (tertiary/aromatic N) is 5. The van der Waals surface area contributed by atoms with Gasteiger partial charge in [0, 0.05) is 56.5 Å². The molecule has 1 aromatic carbocycles. The summed E-state index contributed by atoms with van der Waals surface area (Å²) in [5.41, 5.74) is -0.118. The number of fused-ring (bicyclic) bond motifs is 12. The van der Waals surface area contributed by atoms with Crippen molar-refractivity contribution in [2.75, 3.05) is 31.1 Å². The average molecular weight is 652 g/mol. The van der Waals surface area contributed by atoms with Gasteiger partial charge in [-0.25, -0.2) is 24.1 Å². The zero-order valence-electron chi connectivity index (χ0n) is 25.5. The second kappa shape index (κ2) is 12.3. The number of anilines is 1. The quantitative estimate of drug-likeness (QED) is 0.275. The number of furan rings is 1. The zero-order valence-corrected chi connectivity index (χ0v) is 26.2. The Morgan fingerprint density at radius 3 is 2.85 bits per heavy atom. The second-order valence-corrected chi connectivity index (χ2v) is 12.9. The Labute approximate surface area is 269 Å². The highest BCUT2D eigenvalue weighted by Crippen LogP contribution is 2.46. The summed E-state index contributed by atoms with van der Waals surface area (Å²) in [5, 5.41) is 11.4. The van der Waals surface area contributed by atoms with Crippen LogP contribution in [0.1, 0.15) is 56.8 Å². The number of para-hydroxylation sites is 1. The topological polar surface area (TPSA) is 131 Å². The largest absolute Gasteiger partial charge is 0.480 e. The van der Waals surface area contributed by atoms with E-state index in [9.17, 15) is 14.7 Å². The number of hydrogen-bond donors (Lipinski definition) is 1. The fourth-order valence-electron chi connectivity index (χ4n) is 6.92. The van der Waals surface area contributed by atoms with Crippen molar-refractivity contribution < 1.29 is 33.0 Å². The molecule has 0 unspecified atom stereocenters. The van der Waals surface area contributed by atoms with E-state index in [1.165, 1.54) is 12.3 Å². The maximum atomic E-state index is 17.0. The van der Waals surface area contributed by atoms with Crippen LogP contribution < -0.4 is 9.64 Å². The third kappa shape index (κ3) is 5.62. The predicted octanol–water partition coefficient (Wildman–Crippen LogP) is 5.66. The van der Waals surface area contributed by atoms with Crippen molar-refractivity contribution >= 4 is 51.4 Å². The van der Waals surface area contributed by atoms with Crippen LogP contribution in [-0.4, -0.2) is 75.2 Å². The Kier molecular flexibility index (Phi) is 8.18. The van der Waals surface area contributed by atoms with Crippen LogP contribution in [0, 0.1) is 5.92 Å². The van der Waals surface area contributed by atoms with Gasteiger partial charge in [-0.05, 0) is 31.0 Å². The van der Waals surface area contributed by atoms with Crippen molar-refractivity contribution in [3.63, 3.8) is 0 Å². The molecule has 4 aliphatic rings. The number of aromatic nitrogens is 3. The van der Waals surface area contributed by atoms with E-state index < -0.39 is 29.7 Å². The van der Waals surface area contributed by atoms with E-state index in [4.69, 9.17) is 35.5 Å². The van der Waals surface area contributed by atoms with Crippen molar-refractivity contribution in [2.45, 2.75) is 69.9 Å². The molecule has 2 saturated heterocycles. The molecular weight excluding hydrogens is 617 g/mol. The number of halogens is 2. The van der Waals surface area contributed by atoms with Crippen LogP contribution >= 0.6 is 11.6 Å². The van der Waals surface area contributed by atoms with Gasteiger partial charge in [-0.15, -0.1) is 0 Å². The van der Waals surface area contributed by atoms with Crippen LogP contribution in [-0.2, 0) is 26.6 Å². The molecule has 2 fully saturated rings. The lowest BCUT2D eigenvalue weighted by atomic mass is 9.78. The molecule has 0 saturated carbocycles. The summed E-state index contributed by atoms with van der Waals surface area (Å²) >= 11 is 6.33. The molecular formula is C33H35ClFN5O6. The number of aliphatic carboxylic acids is 1. The number of ether oxygens (including phenoxy) is 2. The summed E-state index contributed by atoms with van der Waals surface area (Å²) in [4.78, 5) is 42.9. The van der Waals surface area contributed by atoms with Gasteiger partial charge in [-0.2, -0.15) is 0 Å². The first-order valence-corrected chi connectivity index (χ1v) is 16.1. The minimum atomic E-state index is -1.85. The van der Waals surface area contributed by atoms with Crippen molar-refractivity contribution in [2.24, 2.45) is 5.92 Å². The van der Waals surface area contributed by atoms with Crippen LogP contribution in [0.2, 0.25) is 5.02 Å². The van der Waals surface area contributed by atoms with E-state index in [0.717, 1.165) is 18.2 Å². The highest BCUT2D eigenvalue weighted by atomic mass is 35.5. The van der Waals surface area contributed by atoms with Crippen LogP contribution in [0.3, 0.4) is 0 Å². The third-order valence-corrected chi connectivity index (χ3v) is 9.60. The molecule has 3 aromatic heterocycles. The first-order valence-electron chi connectivity index (χ1n) is 15.8. The van der Waals surface area contributed by atoms with Crippen molar-refractivity contribution in [1.29, 1.82) is 0 Å². The van der Waals surface area contributed by atoms with Gasteiger partial charge < -0.3 is 28.8 Å². The molecule has 7 heterocycles. The van der Waals surface area contributed by atoms with Crippen LogP contribution in [0.15, 0.2) is 40.9 Å². The summed E-state index contributed by atoms with van der Waals surface area (Å²) in [7, 11) is 0. The molecule has 11 nitrogen and oxygen atoms in total. The standard InChI is InChI=1S/C33H35ClFN5O6/c1-19-16-39-11-10-33(19,35)23-13-20(34)15-36-31(23)45-21-14-24(32(42)43)40(17-21)30-29-28(22-7-4-5-8-25(22)46-29)37-26(38-30)18-44-12-6-2-3-9-27(39)41/h4-5,7-8,13,15,19,21,24H,2-3,6,9-12,14,16-18H2,1H3,(H,42,43)/t19-,21-,24-,33+/m0/s1. The highest BCUT2D eigenvalue weighted by molar-refractivity contribution is 6.30. The molecule has 1 N–H and O–H groups in total. The fourth-order valence-corrected chi connectivity index (χ4v) is 7.08. The maximum Gasteiger partial charge on any atom is 0.326 e. The minimum absolute atomic E-state index is 0.00809. The first kappa shape index (κ1) is 30.6. The van der Waals surface area contributed by atoms with Gasteiger partial charge in [0.15, 0.2) is 17.2 Å². The Morgan fingerprint density at radius 1 is 1.17 bits per heavy atom. The van der Waals surface area contributed by atoms with Crippen LogP contribution in [0.5, 0.6) is 5.88 Å². The summed E-state index contributed by atoms with van der Waals surface area (Å²) in [6, 6.07) is 7.98. The summed E-state index contributed by atoms with van der Waals surface area (Å²) in [5.74, 6) is -0.820. The number of alkyl halides is 1. The summed E-state index contributed by atoms with van der Waals surface area (Å²) in [6.07, 6.45) is 3.51. The molecule has 6 bridgehead atoms. The van der Waals surface area contributed by atoms with Gasteiger partial charge in [0.2, 0.25) is 11.8 Å². The van der Waals surface area contributed by atoms with Gasteiger partial charge in [0.1, 0.15) is 35.5 Å². The molecule has 0 aliphatic carbocycles. The maximum absolute atomic E-state index is 17.0. The Bertz CT molecular complexity index is 1800. The Hall–Kier alpha value is -4.03. The zero-order chi connectivity index (χ0) is 32.0. The fraction of sp³-hybridized carbons (Fsp3) is 0.485. The Morgan fingerprint density at radius 2 is 2.02 bits per heavy atom. The highest BCUT2D eigenvalue weighted by Gasteiger charge is 2.47. The monoisotopic (exact) mass is 651 g/mol. The van der Waals surface area contributed by atoms with E-state index in [1.54, 1.807) is 16.7 Å². The molecule has 4 aliphatic heterocycles. The number of piperidine rings is 1. The predicted molar refractivity (Wildman–Crippen MR) is 168 cm³/mol. The molecule has 8 rings (SSSR count). The second-order valence-electron chi connectivity index (χ2n) is 12.4. The lowest BCUT2D eigenvalue weighted by molar-refractivity contribution is -0.138. The van der Waals surface area contributed by atoms with Crippen molar-refractivity contribution in [3.8, 4) is 5.88 Å². The van der Waals surface area contributed by atoms with Crippen LogP contribution in [0.4, 0.5) is 10.2 Å². The van der Waals surface area contributed by atoms with Crippen molar-refractivity contribution in [3.05, 3.63) is 52.9 Å². The van der Waals surface area contributed by atoms with Crippen LogP contribution in [0.25, 0.3) is 22.1 Å². The lowest BCUT2D eigenvalue weighted by Gasteiger charge is -2.42. The van der Waals surface area contributed by atoms with E-state index in [1.807, 2.05) is 24.3 Å². The minimum Gasteiger partial charge on any atom is -0.480 e. The normalized spacial score (nSPS) is 26.2. The number of carboxylic acids is 1. The molecule has 4 aromatic rings. The van der Waals surface area contributed by atoms with E-state index in [-0.39, 0.29) is 61.5 Å². The van der Waals surface area contributed by atoms with E-state index >= 15 is 4.39 Å². The van der Waals surface area contributed by atoms with Gasteiger partial charge in [-0.3, -0.25) is 4.79 Å². The molecule has 0 spiro atoms. The number of carbonyl (C=O) groups excluding carboxylic acids is 1. The SMILES string of the molecule is C[C@H]1CN2CC[C@]1(F)c1cc(Cl)cnc1O[C@H]1C[C@@H](C(=O)O)N(C1)c1nc(nc3c1oc1ccccc13)COCCCCCC2=O. The van der Waals surface area contributed by atoms with Gasteiger partial charge >= 0.3 is 5.97 Å². The average Bonchev–Trinajstić information content (AvgIpc) is 3.64. The summed E-state index contributed by atoms with van der Waals surface area (Å²) < 4.78 is 35.5. The Balaban J connectivity index is 1.30. The molecule has 4 atom stereocenters. The number of benzene rings is 1. The number of carbonyl (C=O) groups is 2. The third-order valence-electron chi connectivity index (χ3n) is 9.40. The number of rotatable bonds is 1. The number of carboxylic acid groups (broad SMARTS) is 1. The summed E-state index contributed by atoms with van der Waals surface area (Å²) in [6.45, 7) is 2.99. The number of pyridine rings is 1. The lowest BCUT2D eigenvalue weighted by Crippen LogP contribution is -2.49. The smallest absolute Gasteiger partial charge is 0.326 e. The molecule has 13 heteroatoms. The molecule has 1 amide bonds. The first-order chi connectivity index (χ1) is 22.2. The molecule has 46 heavy (non-hydrogen) atoms.